The zero-order valence-electron chi connectivity index (χ0n) is 13.4. The Morgan fingerprint density at radius 1 is 1.00 bits per heavy atom. The van der Waals surface area contributed by atoms with Crippen LogP contribution in [0.4, 0.5) is 0 Å². The van der Waals surface area contributed by atoms with E-state index in [4.69, 9.17) is 0 Å². The molecule has 0 heterocycles. The second-order valence-corrected chi connectivity index (χ2v) is 5.98. The molecule has 1 rings (SSSR count). The predicted octanol–water partition coefficient (Wildman–Crippen LogP) is 4.97. The standard InChI is InChI=1S/C18H31N/c1-6-8-9-16-10-12-17(13-11-16)18(19-7-2)15(5)14(3)4/h10-15,18-19H,6-9H2,1-5H3. The summed E-state index contributed by atoms with van der Waals surface area (Å²) in [6.07, 6.45) is 3.77. The Labute approximate surface area is 119 Å². The van der Waals surface area contributed by atoms with Crippen molar-refractivity contribution in [2.75, 3.05) is 6.54 Å². The summed E-state index contributed by atoms with van der Waals surface area (Å²) in [6, 6.07) is 9.73. The third kappa shape index (κ3) is 4.99. The van der Waals surface area contributed by atoms with E-state index in [0.717, 1.165) is 6.54 Å². The molecule has 0 saturated carbocycles. The van der Waals surface area contributed by atoms with E-state index < -0.39 is 0 Å². The Balaban J connectivity index is 2.79. The minimum absolute atomic E-state index is 0.477. The number of nitrogens with one attached hydrogen (secondary N) is 1. The van der Waals surface area contributed by atoms with Crippen molar-refractivity contribution < 1.29 is 0 Å². The fourth-order valence-electron chi connectivity index (χ4n) is 2.48. The Kier molecular flexibility index (Phi) is 7.15. The molecule has 2 unspecified atom stereocenters. The third-order valence-electron chi connectivity index (χ3n) is 4.16. The van der Waals surface area contributed by atoms with Crippen molar-refractivity contribution in [1.82, 2.24) is 5.32 Å². The van der Waals surface area contributed by atoms with Gasteiger partial charge in [0, 0.05) is 6.04 Å². The molecule has 0 aliphatic carbocycles. The molecule has 1 aromatic carbocycles. The van der Waals surface area contributed by atoms with E-state index in [1.165, 1.54) is 30.4 Å². The highest BCUT2D eigenvalue weighted by Crippen LogP contribution is 2.28. The minimum Gasteiger partial charge on any atom is -0.310 e. The van der Waals surface area contributed by atoms with Gasteiger partial charge >= 0.3 is 0 Å². The van der Waals surface area contributed by atoms with Crippen LogP contribution in [-0.4, -0.2) is 6.54 Å². The van der Waals surface area contributed by atoms with E-state index in [2.05, 4.69) is 64.2 Å². The number of benzene rings is 1. The predicted molar refractivity (Wildman–Crippen MR) is 85.5 cm³/mol. The molecular formula is C18H31N. The summed E-state index contributed by atoms with van der Waals surface area (Å²) in [4.78, 5) is 0. The molecule has 1 aromatic rings. The molecule has 0 amide bonds. The van der Waals surface area contributed by atoms with Crippen molar-refractivity contribution in [3.63, 3.8) is 0 Å². The van der Waals surface area contributed by atoms with Crippen LogP contribution in [0.15, 0.2) is 24.3 Å². The number of aryl methyl sites for hydroxylation is 1. The monoisotopic (exact) mass is 261 g/mol. The van der Waals surface area contributed by atoms with Crippen molar-refractivity contribution in [2.24, 2.45) is 11.8 Å². The van der Waals surface area contributed by atoms with E-state index in [1.807, 2.05) is 0 Å². The van der Waals surface area contributed by atoms with Crippen molar-refractivity contribution in [1.29, 1.82) is 0 Å². The maximum absolute atomic E-state index is 3.64. The summed E-state index contributed by atoms with van der Waals surface area (Å²) in [5, 5.41) is 3.64. The highest BCUT2D eigenvalue weighted by molar-refractivity contribution is 5.25. The van der Waals surface area contributed by atoms with Crippen molar-refractivity contribution in [2.45, 2.75) is 59.9 Å². The smallest absolute Gasteiger partial charge is 0.0348 e. The lowest BCUT2D eigenvalue weighted by atomic mass is 9.85. The van der Waals surface area contributed by atoms with Crippen LogP contribution in [0.5, 0.6) is 0 Å². The van der Waals surface area contributed by atoms with Gasteiger partial charge in [-0.3, -0.25) is 0 Å². The van der Waals surface area contributed by atoms with Gasteiger partial charge < -0.3 is 5.32 Å². The van der Waals surface area contributed by atoms with Gasteiger partial charge in [-0.2, -0.15) is 0 Å². The summed E-state index contributed by atoms with van der Waals surface area (Å²) in [5.74, 6) is 1.35. The molecule has 1 heteroatoms. The van der Waals surface area contributed by atoms with Crippen LogP contribution >= 0.6 is 0 Å². The molecule has 0 radical (unpaired) electrons. The number of hydrogen-bond acceptors (Lipinski definition) is 1. The molecule has 0 saturated heterocycles. The van der Waals surface area contributed by atoms with Gasteiger partial charge in [0.25, 0.3) is 0 Å². The van der Waals surface area contributed by atoms with Crippen LogP contribution < -0.4 is 5.32 Å². The van der Waals surface area contributed by atoms with Gasteiger partial charge in [0.2, 0.25) is 0 Å². The zero-order chi connectivity index (χ0) is 14.3. The van der Waals surface area contributed by atoms with Crippen LogP contribution in [0, 0.1) is 11.8 Å². The van der Waals surface area contributed by atoms with Gasteiger partial charge in [-0.25, -0.2) is 0 Å². The second-order valence-electron chi connectivity index (χ2n) is 5.98. The topological polar surface area (TPSA) is 12.0 Å². The summed E-state index contributed by atoms with van der Waals surface area (Å²) in [7, 11) is 0. The van der Waals surface area contributed by atoms with E-state index in [1.54, 1.807) is 0 Å². The third-order valence-corrected chi connectivity index (χ3v) is 4.16. The quantitative estimate of drug-likeness (QED) is 0.696. The van der Waals surface area contributed by atoms with Crippen LogP contribution in [0.2, 0.25) is 0 Å². The maximum Gasteiger partial charge on any atom is 0.0348 e. The Morgan fingerprint density at radius 2 is 1.63 bits per heavy atom. The van der Waals surface area contributed by atoms with Gasteiger partial charge in [-0.05, 0) is 42.3 Å². The first-order valence-corrected chi connectivity index (χ1v) is 7.92. The van der Waals surface area contributed by atoms with E-state index in [-0.39, 0.29) is 0 Å². The van der Waals surface area contributed by atoms with Crippen molar-refractivity contribution in [3.8, 4) is 0 Å². The van der Waals surface area contributed by atoms with E-state index >= 15 is 0 Å². The minimum atomic E-state index is 0.477. The largest absolute Gasteiger partial charge is 0.310 e. The van der Waals surface area contributed by atoms with Gasteiger partial charge in [-0.1, -0.05) is 65.3 Å². The molecule has 0 fully saturated rings. The van der Waals surface area contributed by atoms with Crippen LogP contribution in [0.25, 0.3) is 0 Å². The van der Waals surface area contributed by atoms with Gasteiger partial charge in [0.1, 0.15) is 0 Å². The van der Waals surface area contributed by atoms with E-state index in [9.17, 15) is 0 Å². The first kappa shape index (κ1) is 16.2. The zero-order valence-corrected chi connectivity index (χ0v) is 13.4. The molecule has 1 N–H and O–H groups in total. The Hall–Kier alpha value is -0.820. The molecule has 19 heavy (non-hydrogen) atoms. The van der Waals surface area contributed by atoms with Crippen LogP contribution in [0.3, 0.4) is 0 Å². The summed E-state index contributed by atoms with van der Waals surface area (Å²) >= 11 is 0. The normalized spacial score (nSPS) is 14.6. The first-order chi connectivity index (χ1) is 9.10. The average Bonchev–Trinajstić information content (AvgIpc) is 2.42. The lowest BCUT2D eigenvalue weighted by Crippen LogP contribution is -2.29. The lowest BCUT2D eigenvalue weighted by Gasteiger charge is -2.28. The highest BCUT2D eigenvalue weighted by atomic mass is 14.9. The van der Waals surface area contributed by atoms with E-state index in [0.29, 0.717) is 17.9 Å². The first-order valence-electron chi connectivity index (χ1n) is 7.92. The summed E-state index contributed by atoms with van der Waals surface area (Å²) in [5.41, 5.74) is 2.90. The van der Waals surface area contributed by atoms with Crippen molar-refractivity contribution >= 4 is 0 Å². The molecule has 0 spiro atoms. The SMILES string of the molecule is CCCCc1ccc(C(NCC)C(C)C(C)C)cc1. The number of hydrogen-bond donors (Lipinski definition) is 1. The Bertz CT molecular complexity index is 339. The van der Waals surface area contributed by atoms with Gasteiger partial charge in [-0.15, -0.1) is 0 Å². The molecule has 0 aliphatic heterocycles. The van der Waals surface area contributed by atoms with Gasteiger partial charge in [0.05, 0.1) is 0 Å². The number of unbranched alkanes of at least 4 members (excludes halogenated alkanes) is 1. The molecule has 1 nitrogen and oxygen atoms in total. The van der Waals surface area contributed by atoms with Crippen LogP contribution in [0.1, 0.15) is 64.6 Å². The number of rotatable bonds is 8. The van der Waals surface area contributed by atoms with Crippen LogP contribution in [-0.2, 0) is 6.42 Å². The van der Waals surface area contributed by atoms with Crippen molar-refractivity contribution in [3.05, 3.63) is 35.4 Å². The molecular weight excluding hydrogens is 230 g/mol. The summed E-state index contributed by atoms with van der Waals surface area (Å²) < 4.78 is 0. The maximum atomic E-state index is 3.64. The molecule has 2 atom stereocenters. The average molecular weight is 261 g/mol. The summed E-state index contributed by atoms with van der Waals surface area (Å²) in [6.45, 7) is 12.4. The molecule has 0 aliphatic rings. The fraction of sp³-hybridized carbons (Fsp3) is 0.667. The lowest BCUT2D eigenvalue weighted by molar-refractivity contribution is 0.307. The van der Waals surface area contributed by atoms with Gasteiger partial charge in [0.15, 0.2) is 0 Å². The molecule has 108 valence electrons. The molecule has 0 aromatic heterocycles. The second kappa shape index (κ2) is 8.37. The molecule has 0 bridgehead atoms. The Morgan fingerprint density at radius 3 is 2.11 bits per heavy atom. The fourth-order valence-corrected chi connectivity index (χ4v) is 2.48. The highest BCUT2D eigenvalue weighted by Gasteiger charge is 2.20.